The number of hydrogen-bond acceptors (Lipinski definition) is 11. The summed E-state index contributed by atoms with van der Waals surface area (Å²) in [6, 6.07) is 8.08. The highest BCUT2D eigenvalue weighted by Crippen LogP contribution is 2.26. The Hall–Kier alpha value is -3.68. The van der Waals surface area contributed by atoms with Crippen LogP contribution in [0.4, 0.5) is 22.7 Å². The molecule has 2 aromatic rings. The predicted octanol–water partition coefficient (Wildman–Crippen LogP) is 3.10. The maximum atomic E-state index is 10.7. The lowest BCUT2D eigenvalue weighted by Gasteiger charge is -2.17. The SMILES string of the molecule is CCN(CC)CCO.CCN(CC)CCOc1ccc(N)c([N+](=O)[O-])c1.Nc1ccc(O)cc1[N+](=O)[O-]. The summed E-state index contributed by atoms with van der Waals surface area (Å²) in [6.45, 7) is 14.7. The molecule has 0 spiro atoms. The van der Waals surface area contributed by atoms with Gasteiger partial charge >= 0.3 is 0 Å². The van der Waals surface area contributed by atoms with E-state index < -0.39 is 9.85 Å². The number of aliphatic hydroxyl groups is 1. The fraction of sp³-hybridized carbons (Fsp3) is 0.500. The fourth-order valence-electron chi connectivity index (χ4n) is 2.98. The fourth-order valence-corrected chi connectivity index (χ4v) is 2.98. The van der Waals surface area contributed by atoms with Crippen molar-refractivity contribution in [3.8, 4) is 11.5 Å². The second-order valence-electron chi connectivity index (χ2n) is 7.60. The minimum atomic E-state index is -0.644. The number of aromatic hydroxyl groups is 1. The summed E-state index contributed by atoms with van der Waals surface area (Å²) in [5.41, 5.74) is 10.6. The van der Waals surface area contributed by atoms with E-state index in [0.29, 0.717) is 12.4 Å². The molecule has 2 rings (SSSR count). The third-order valence-electron chi connectivity index (χ3n) is 5.29. The second kappa shape index (κ2) is 18.6. The Morgan fingerprint density at radius 2 is 1.27 bits per heavy atom. The Morgan fingerprint density at radius 3 is 1.68 bits per heavy atom. The first-order chi connectivity index (χ1) is 17.5. The van der Waals surface area contributed by atoms with Crippen LogP contribution < -0.4 is 16.2 Å². The Bertz CT molecular complexity index is 953. The molecular weight excluding hydrogens is 484 g/mol. The second-order valence-corrected chi connectivity index (χ2v) is 7.60. The van der Waals surface area contributed by atoms with E-state index in [1.807, 2.05) is 0 Å². The van der Waals surface area contributed by atoms with Crippen LogP contribution in [0.15, 0.2) is 36.4 Å². The van der Waals surface area contributed by atoms with Crippen molar-refractivity contribution in [2.24, 2.45) is 0 Å². The van der Waals surface area contributed by atoms with Gasteiger partial charge in [0.1, 0.15) is 29.5 Å². The zero-order chi connectivity index (χ0) is 28.4. The molecule has 0 saturated heterocycles. The summed E-state index contributed by atoms with van der Waals surface area (Å²) in [5, 5.41) is 38.2. The molecular formula is C24H40N6O7. The monoisotopic (exact) mass is 524 g/mol. The van der Waals surface area contributed by atoms with Gasteiger partial charge in [0.05, 0.1) is 28.6 Å². The van der Waals surface area contributed by atoms with E-state index in [1.165, 1.54) is 24.3 Å². The number of phenols is 1. The van der Waals surface area contributed by atoms with Gasteiger partial charge in [-0.25, -0.2) is 0 Å². The molecule has 0 radical (unpaired) electrons. The van der Waals surface area contributed by atoms with E-state index in [2.05, 4.69) is 37.5 Å². The van der Waals surface area contributed by atoms with Gasteiger partial charge in [0.2, 0.25) is 0 Å². The van der Waals surface area contributed by atoms with Crippen molar-refractivity contribution in [2.75, 3.05) is 63.9 Å². The molecule has 13 heteroatoms. The number of aliphatic hydroxyl groups excluding tert-OH is 1. The van der Waals surface area contributed by atoms with E-state index >= 15 is 0 Å². The van der Waals surface area contributed by atoms with Crippen LogP contribution in [0.3, 0.4) is 0 Å². The van der Waals surface area contributed by atoms with Crippen LogP contribution in [0, 0.1) is 20.2 Å². The van der Waals surface area contributed by atoms with E-state index in [0.717, 1.165) is 45.3 Å². The first-order valence-corrected chi connectivity index (χ1v) is 12.0. The van der Waals surface area contributed by atoms with Gasteiger partial charge in [0.25, 0.3) is 11.4 Å². The molecule has 208 valence electrons. The normalized spacial score (nSPS) is 10.2. The summed E-state index contributed by atoms with van der Waals surface area (Å²) < 4.78 is 5.48. The van der Waals surface area contributed by atoms with Crippen LogP contribution in [0.5, 0.6) is 11.5 Å². The first-order valence-electron chi connectivity index (χ1n) is 12.0. The molecule has 0 saturated carbocycles. The van der Waals surface area contributed by atoms with Crippen molar-refractivity contribution in [1.82, 2.24) is 9.80 Å². The van der Waals surface area contributed by atoms with Crippen LogP contribution in [0.1, 0.15) is 27.7 Å². The van der Waals surface area contributed by atoms with E-state index in [1.54, 1.807) is 6.07 Å². The Balaban J connectivity index is 0.000000580. The topological polar surface area (TPSA) is 194 Å². The molecule has 0 atom stereocenters. The maximum absolute atomic E-state index is 10.7. The number of hydrogen-bond donors (Lipinski definition) is 4. The van der Waals surface area contributed by atoms with Crippen LogP contribution >= 0.6 is 0 Å². The smallest absolute Gasteiger partial charge is 0.295 e. The van der Waals surface area contributed by atoms with Crippen LogP contribution in [-0.2, 0) is 0 Å². The van der Waals surface area contributed by atoms with Crippen LogP contribution in [0.2, 0.25) is 0 Å². The number of phenolic OH excluding ortho intramolecular Hbond substituents is 1. The molecule has 0 amide bonds. The standard InChI is InChI=1S/C12H19N3O3.C6H6N2O3.C6H15NO/c1-3-14(4-2)7-8-18-10-5-6-11(13)12(9-10)15(16)17;7-5-2-1-4(9)3-6(5)8(10)11;1-3-7(4-2)5-6-8/h5-6,9H,3-4,7-8,13H2,1-2H3;1-3,9H,7H2;8H,3-6H2,1-2H3. The van der Waals surface area contributed by atoms with Gasteiger partial charge in [-0.1, -0.05) is 27.7 Å². The zero-order valence-corrected chi connectivity index (χ0v) is 22.0. The third kappa shape index (κ3) is 13.3. The molecule has 13 nitrogen and oxygen atoms in total. The number of nitro benzene ring substituents is 2. The number of likely N-dealkylation sites (N-methyl/N-ethyl adjacent to an activating group) is 2. The average Bonchev–Trinajstić information content (AvgIpc) is 2.88. The van der Waals surface area contributed by atoms with E-state index in [4.69, 9.17) is 26.4 Å². The lowest BCUT2D eigenvalue weighted by atomic mass is 10.2. The third-order valence-corrected chi connectivity index (χ3v) is 5.29. The van der Waals surface area contributed by atoms with Crippen molar-refractivity contribution in [3.63, 3.8) is 0 Å². The number of benzene rings is 2. The first kappa shape index (κ1) is 33.3. The van der Waals surface area contributed by atoms with Crippen LogP contribution in [-0.4, -0.2) is 82.3 Å². The minimum Gasteiger partial charge on any atom is -0.508 e. The highest BCUT2D eigenvalue weighted by Gasteiger charge is 2.13. The number of nitrogens with two attached hydrogens (primary N) is 2. The summed E-state index contributed by atoms with van der Waals surface area (Å²) in [5.74, 6) is 0.314. The quantitative estimate of drug-likeness (QED) is 0.138. The molecule has 2 aromatic carbocycles. The number of nitrogens with zero attached hydrogens (tertiary/aromatic N) is 4. The molecule has 0 fully saturated rings. The number of nitrogen functional groups attached to an aromatic ring is 2. The lowest BCUT2D eigenvalue weighted by molar-refractivity contribution is -0.384. The highest BCUT2D eigenvalue weighted by atomic mass is 16.6. The molecule has 37 heavy (non-hydrogen) atoms. The van der Waals surface area contributed by atoms with Crippen LogP contribution in [0.25, 0.3) is 0 Å². The summed E-state index contributed by atoms with van der Waals surface area (Å²) >= 11 is 0. The Morgan fingerprint density at radius 1 is 0.811 bits per heavy atom. The van der Waals surface area contributed by atoms with Crippen molar-refractivity contribution in [2.45, 2.75) is 27.7 Å². The van der Waals surface area contributed by atoms with Gasteiger partial charge in [-0.05, 0) is 50.4 Å². The number of ether oxygens (including phenoxy) is 1. The van der Waals surface area contributed by atoms with Gasteiger partial charge < -0.3 is 36.2 Å². The van der Waals surface area contributed by atoms with Crippen molar-refractivity contribution in [1.29, 1.82) is 0 Å². The molecule has 0 unspecified atom stereocenters. The summed E-state index contributed by atoms with van der Waals surface area (Å²) in [4.78, 5) is 24.1. The van der Waals surface area contributed by atoms with Gasteiger partial charge in [0.15, 0.2) is 0 Å². The van der Waals surface area contributed by atoms with Crippen molar-refractivity contribution >= 4 is 22.7 Å². The molecule has 0 aliphatic rings. The zero-order valence-electron chi connectivity index (χ0n) is 22.0. The molecule has 0 aliphatic heterocycles. The molecule has 0 aromatic heterocycles. The van der Waals surface area contributed by atoms with Crippen molar-refractivity contribution < 1.29 is 24.8 Å². The molecule has 0 heterocycles. The average molecular weight is 525 g/mol. The van der Waals surface area contributed by atoms with E-state index in [9.17, 15) is 20.2 Å². The Kier molecular flexibility index (Phi) is 16.7. The van der Waals surface area contributed by atoms with Gasteiger partial charge in [-0.2, -0.15) is 0 Å². The molecule has 0 bridgehead atoms. The van der Waals surface area contributed by atoms with Gasteiger partial charge in [0, 0.05) is 13.1 Å². The predicted molar refractivity (Wildman–Crippen MR) is 145 cm³/mol. The lowest BCUT2D eigenvalue weighted by Crippen LogP contribution is -2.27. The minimum absolute atomic E-state index is 0.0489. The molecule has 0 aliphatic carbocycles. The number of rotatable bonds is 12. The highest BCUT2D eigenvalue weighted by molar-refractivity contribution is 5.61. The van der Waals surface area contributed by atoms with E-state index in [-0.39, 0.29) is 35.1 Å². The number of nitro groups is 2. The van der Waals surface area contributed by atoms with Gasteiger partial charge in [-0.3, -0.25) is 20.2 Å². The summed E-state index contributed by atoms with van der Waals surface area (Å²) in [7, 11) is 0. The summed E-state index contributed by atoms with van der Waals surface area (Å²) in [6.07, 6.45) is 0. The maximum Gasteiger partial charge on any atom is 0.295 e. The largest absolute Gasteiger partial charge is 0.508 e. The van der Waals surface area contributed by atoms with Gasteiger partial charge in [-0.15, -0.1) is 0 Å². The number of anilines is 2. The Labute approximate surface area is 217 Å². The molecule has 6 N–H and O–H groups in total. The van der Waals surface area contributed by atoms with Crippen molar-refractivity contribution in [3.05, 3.63) is 56.6 Å².